The van der Waals surface area contributed by atoms with Gasteiger partial charge in [0, 0.05) is 25.2 Å². The topological polar surface area (TPSA) is 114 Å². The highest BCUT2D eigenvalue weighted by molar-refractivity contribution is 5.97. The van der Waals surface area contributed by atoms with E-state index in [1.807, 2.05) is 6.07 Å². The summed E-state index contributed by atoms with van der Waals surface area (Å²) >= 11 is 0. The molecular formula is C19H23F2N7O. The molecule has 0 bridgehead atoms. The molecule has 2 aromatic heterocycles. The first-order chi connectivity index (χ1) is 14.0. The van der Waals surface area contributed by atoms with Gasteiger partial charge in [0.1, 0.15) is 18.0 Å². The Morgan fingerprint density at radius 1 is 1.31 bits per heavy atom. The maximum Gasteiger partial charge on any atom is 0.279 e. The minimum atomic E-state index is -2.81. The zero-order valence-electron chi connectivity index (χ0n) is 15.7. The number of alkyl halides is 2. The fourth-order valence-electron chi connectivity index (χ4n) is 4.02. The first-order valence-electron chi connectivity index (χ1n) is 9.63. The molecule has 154 valence electrons. The molecule has 10 heteroatoms. The number of nitrogens with one attached hydrogen (secondary N) is 3. The van der Waals surface area contributed by atoms with Crippen LogP contribution in [0.5, 0.6) is 0 Å². The number of imidazole rings is 1. The number of piperazine rings is 1. The third kappa shape index (κ3) is 4.18. The lowest BCUT2D eigenvalue weighted by Gasteiger charge is -2.47. The maximum atomic E-state index is 12.4. The summed E-state index contributed by atoms with van der Waals surface area (Å²) in [5.41, 5.74) is 0.500. The van der Waals surface area contributed by atoms with Crippen molar-refractivity contribution >= 4 is 17.6 Å². The summed E-state index contributed by atoms with van der Waals surface area (Å²) < 4.78 is 24.8. The highest BCUT2D eigenvalue weighted by atomic mass is 19.3. The van der Waals surface area contributed by atoms with E-state index in [1.165, 1.54) is 12.4 Å². The lowest BCUT2D eigenvalue weighted by atomic mass is 9.85. The first-order valence-corrected chi connectivity index (χ1v) is 9.63. The summed E-state index contributed by atoms with van der Waals surface area (Å²) in [6.07, 6.45) is 5.03. The fourth-order valence-corrected chi connectivity index (χ4v) is 4.02. The van der Waals surface area contributed by atoms with Crippen LogP contribution in [-0.2, 0) is 0 Å². The van der Waals surface area contributed by atoms with Crippen LogP contribution in [0.25, 0.3) is 17.5 Å². The number of nitrogens with zero attached hydrogens (tertiary/aromatic N) is 4. The minimum Gasteiger partial charge on any atom is -0.391 e. The number of hydrogen-bond donors (Lipinski definition) is 4. The molecule has 1 aliphatic carbocycles. The maximum absolute atomic E-state index is 12.4. The number of aliphatic hydroxyl groups is 1. The Morgan fingerprint density at radius 3 is 3.00 bits per heavy atom. The molecule has 1 aliphatic heterocycles. The highest BCUT2D eigenvalue weighted by Gasteiger charge is 2.38. The van der Waals surface area contributed by atoms with Crippen molar-refractivity contribution in [3.8, 4) is 11.4 Å². The normalized spacial score (nSPS) is 24.8. The van der Waals surface area contributed by atoms with Crippen molar-refractivity contribution < 1.29 is 13.9 Å². The summed E-state index contributed by atoms with van der Waals surface area (Å²) in [5, 5.41) is 20.9. The smallest absolute Gasteiger partial charge is 0.279 e. The molecule has 0 amide bonds. The van der Waals surface area contributed by atoms with Crippen molar-refractivity contribution in [1.82, 2.24) is 25.3 Å². The van der Waals surface area contributed by atoms with Gasteiger partial charge < -0.3 is 20.3 Å². The van der Waals surface area contributed by atoms with E-state index in [2.05, 4.69) is 30.2 Å². The quantitative estimate of drug-likeness (QED) is 0.567. The van der Waals surface area contributed by atoms with Gasteiger partial charge in [-0.05, 0) is 31.4 Å². The third-order valence-electron chi connectivity index (χ3n) is 5.44. The molecule has 8 nitrogen and oxygen atoms in total. The standard InChI is InChI=1S/C19H23F2N7O/c20-19(21)11(22)4-5-16-24-9-13(27-16)12-8-17(26-10-25-12)28-7-6-23-18-14(28)2-1-3-15(18)29/h4-5,8-10,14-15,18-19,22-23,29H,1-3,6-7H2,(H,24,27)/b5-4-,22-11?. The number of aromatic amines is 1. The summed E-state index contributed by atoms with van der Waals surface area (Å²) in [4.78, 5) is 18.1. The first kappa shape index (κ1) is 19.6. The zero-order valence-corrected chi connectivity index (χ0v) is 15.7. The molecule has 0 radical (unpaired) electrons. The van der Waals surface area contributed by atoms with E-state index in [4.69, 9.17) is 5.41 Å². The Morgan fingerprint density at radius 2 is 2.17 bits per heavy atom. The predicted molar refractivity (Wildman–Crippen MR) is 105 cm³/mol. The SMILES string of the molecule is N=C(/C=C\c1ncc(-c2cc(N3CCNC4C(O)CCCC43)ncn2)[nH]1)C(F)F. The molecule has 0 aromatic carbocycles. The monoisotopic (exact) mass is 403 g/mol. The van der Waals surface area contributed by atoms with Crippen LogP contribution in [-0.4, -0.2) is 68.5 Å². The average Bonchev–Trinajstić information content (AvgIpc) is 3.21. The fraction of sp³-hybridized carbons (Fsp3) is 0.474. The molecular weight excluding hydrogens is 380 g/mol. The van der Waals surface area contributed by atoms with Crippen LogP contribution in [0.15, 0.2) is 24.7 Å². The van der Waals surface area contributed by atoms with Crippen LogP contribution in [0.4, 0.5) is 14.6 Å². The molecule has 29 heavy (non-hydrogen) atoms. The van der Waals surface area contributed by atoms with Crippen molar-refractivity contribution in [3.05, 3.63) is 30.5 Å². The van der Waals surface area contributed by atoms with Crippen LogP contribution in [0.1, 0.15) is 25.1 Å². The van der Waals surface area contributed by atoms with Gasteiger partial charge in [0.2, 0.25) is 0 Å². The highest BCUT2D eigenvalue weighted by Crippen LogP contribution is 2.30. The molecule has 3 unspecified atom stereocenters. The molecule has 3 heterocycles. The number of aromatic nitrogens is 4. The van der Waals surface area contributed by atoms with Crippen molar-refractivity contribution in [3.63, 3.8) is 0 Å². The lowest BCUT2D eigenvalue weighted by Crippen LogP contribution is -2.64. The number of H-pyrrole nitrogens is 1. The zero-order chi connectivity index (χ0) is 20.4. The van der Waals surface area contributed by atoms with Crippen LogP contribution >= 0.6 is 0 Å². The van der Waals surface area contributed by atoms with Gasteiger partial charge in [-0.25, -0.2) is 23.7 Å². The van der Waals surface area contributed by atoms with E-state index in [0.717, 1.165) is 44.2 Å². The number of fused-ring (bicyclic) bond motifs is 1. The van der Waals surface area contributed by atoms with E-state index in [9.17, 15) is 13.9 Å². The Kier molecular flexibility index (Phi) is 5.63. The van der Waals surface area contributed by atoms with Gasteiger partial charge in [-0.2, -0.15) is 0 Å². The second-order valence-electron chi connectivity index (χ2n) is 7.27. The van der Waals surface area contributed by atoms with Crippen molar-refractivity contribution in [1.29, 1.82) is 5.41 Å². The molecule has 1 saturated carbocycles. The summed E-state index contributed by atoms with van der Waals surface area (Å²) in [5.74, 6) is 1.15. The van der Waals surface area contributed by atoms with Crippen LogP contribution in [0.2, 0.25) is 0 Å². The Bertz CT molecular complexity index is 900. The van der Waals surface area contributed by atoms with Gasteiger partial charge in [0.25, 0.3) is 6.43 Å². The van der Waals surface area contributed by atoms with Gasteiger partial charge in [-0.1, -0.05) is 0 Å². The molecule has 3 atom stereocenters. The number of halogens is 2. The lowest BCUT2D eigenvalue weighted by molar-refractivity contribution is 0.0697. The summed E-state index contributed by atoms with van der Waals surface area (Å²) in [7, 11) is 0. The Labute approximate surface area is 166 Å². The number of aliphatic hydroxyl groups excluding tert-OH is 1. The third-order valence-corrected chi connectivity index (χ3v) is 5.44. The molecule has 2 aromatic rings. The van der Waals surface area contributed by atoms with E-state index in [0.29, 0.717) is 17.2 Å². The van der Waals surface area contributed by atoms with E-state index < -0.39 is 12.1 Å². The number of hydrogen-bond acceptors (Lipinski definition) is 7. The number of anilines is 1. The molecule has 2 aliphatic rings. The van der Waals surface area contributed by atoms with Gasteiger partial charge in [-0.3, -0.25) is 5.41 Å². The van der Waals surface area contributed by atoms with Gasteiger partial charge in [-0.15, -0.1) is 0 Å². The van der Waals surface area contributed by atoms with Gasteiger partial charge in [0.05, 0.1) is 35.4 Å². The van der Waals surface area contributed by atoms with E-state index in [1.54, 1.807) is 6.20 Å². The van der Waals surface area contributed by atoms with Crippen molar-refractivity contribution in [2.75, 3.05) is 18.0 Å². The van der Waals surface area contributed by atoms with Gasteiger partial charge in [0.15, 0.2) is 0 Å². The Hall–Kier alpha value is -2.72. The van der Waals surface area contributed by atoms with Crippen molar-refractivity contribution in [2.45, 2.75) is 43.9 Å². The Balaban J connectivity index is 1.54. The average molecular weight is 403 g/mol. The van der Waals surface area contributed by atoms with Crippen LogP contribution < -0.4 is 10.2 Å². The predicted octanol–water partition coefficient (Wildman–Crippen LogP) is 1.86. The van der Waals surface area contributed by atoms with Gasteiger partial charge >= 0.3 is 0 Å². The largest absolute Gasteiger partial charge is 0.391 e. The number of rotatable bonds is 5. The second-order valence-corrected chi connectivity index (χ2v) is 7.27. The number of allylic oxidation sites excluding steroid dienone is 1. The minimum absolute atomic E-state index is 0.0324. The molecule has 0 spiro atoms. The summed E-state index contributed by atoms with van der Waals surface area (Å²) in [6, 6.07) is 2.08. The molecule has 4 N–H and O–H groups in total. The van der Waals surface area contributed by atoms with Crippen LogP contribution in [0, 0.1) is 5.41 Å². The molecule has 2 fully saturated rings. The van der Waals surface area contributed by atoms with E-state index >= 15 is 0 Å². The molecule has 1 saturated heterocycles. The van der Waals surface area contributed by atoms with E-state index in [-0.39, 0.29) is 18.2 Å². The molecule has 4 rings (SSSR count). The summed E-state index contributed by atoms with van der Waals surface area (Å²) in [6.45, 7) is 1.56. The van der Waals surface area contributed by atoms with Crippen molar-refractivity contribution in [2.24, 2.45) is 0 Å². The second kappa shape index (κ2) is 8.34. The van der Waals surface area contributed by atoms with Crippen LogP contribution in [0.3, 0.4) is 0 Å².